The van der Waals surface area contributed by atoms with Gasteiger partial charge in [0.15, 0.2) is 5.96 Å². The molecular weight excluding hydrogens is 787 g/mol. The van der Waals surface area contributed by atoms with Crippen LogP contribution >= 0.6 is 22.6 Å². The van der Waals surface area contributed by atoms with Crippen LogP contribution in [0.1, 0.15) is 36.5 Å². The maximum absolute atomic E-state index is 14.0. The summed E-state index contributed by atoms with van der Waals surface area (Å²) in [6.07, 6.45) is 0.802. The molecule has 0 radical (unpaired) electrons. The van der Waals surface area contributed by atoms with E-state index >= 15 is 0 Å². The molecule has 4 atom stereocenters. The van der Waals surface area contributed by atoms with Crippen molar-refractivity contribution in [2.45, 2.75) is 63.2 Å². The average Bonchev–Trinajstić information content (AvgIpc) is 3.12. The van der Waals surface area contributed by atoms with Gasteiger partial charge < -0.3 is 38.5 Å². The van der Waals surface area contributed by atoms with Crippen molar-refractivity contribution in [1.29, 1.82) is 0 Å². The molecule has 4 aromatic carbocycles. The second kappa shape index (κ2) is 19.9. The molecular formula is C39H45IN8O5. The van der Waals surface area contributed by atoms with Crippen LogP contribution in [0, 0.1) is 3.57 Å². The molecule has 0 aromatic heterocycles. The van der Waals surface area contributed by atoms with Crippen LogP contribution in [0.2, 0.25) is 0 Å². The maximum atomic E-state index is 14.0. The second-order valence-corrected chi connectivity index (χ2v) is 13.9. The van der Waals surface area contributed by atoms with Gasteiger partial charge in [-0.25, -0.2) is 0 Å². The molecule has 13 nitrogen and oxygen atoms in total. The van der Waals surface area contributed by atoms with E-state index in [1.165, 1.54) is 6.92 Å². The lowest BCUT2D eigenvalue weighted by molar-refractivity contribution is -0.134. The molecule has 0 unspecified atom stereocenters. The summed E-state index contributed by atoms with van der Waals surface area (Å²) in [7, 11) is 0. The molecule has 0 fully saturated rings. The van der Waals surface area contributed by atoms with Crippen LogP contribution in [-0.4, -0.2) is 66.2 Å². The second-order valence-electron chi connectivity index (χ2n) is 12.7. The molecule has 0 saturated carbocycles. The van der Waals surface area contributed by atoms with E-state index in [1.54, 1.807) is 0 Å². The molecule has 5 amide bonds. The Morgan fingerprint density at radius 2 is 1.11 bits per heavy atom. The summed E-state index contributed by atoms with van der Waals surface area (Å²) >= 11 is 2.17. The number of benzene rings is 4. The molecule has 10 N–H and O–H groups in total. The summed E-state index contributed by atoms with van der Waals surface area (Å²) in [6, 6.07) is 25.7. The van der Waals surface area contributed by atoms with E-state index in [-0.39, 0.29) is 38.2 Å². The van der Waals surface area contributed by atoms with E-state index in [4.69, 9.17) is 17.2 Å². The lowest BCUT2D eigenvalue weighted by Gasteiger charge is -2.26. The van der Waals surface area contributed by atoms with Crippen LogP contribution in [0.3, 0.4) is 0 Å². The van der Waals surface area contributed by atoms with Gasteiger partial charge in [0.2, 0.25) is 29.5 Å². The van der Waals surface area contributed by atoms with Crippen LogP contribution in [0.4, 0.5) is 0 Å². The summed E-state index contributed by atoms with van der Waals surface area (Å²) in [5.74, 6) is -3.15. The molecule has 0 aliphatic carbocycles. The highest BCUT2D eigenvalue weighted by Gasteiger charge is 2.31. The number of hydrogen-bond acceptors (Lipinski definition) is 6. The minimum atomic E-state index is -1.16. The van der Waals surface area contributed by atoms with E-state index in [0.717, 1.165) is 31.0 Å². The quantitative estimate of drug-likeness (QED) is 0.0342. The monoisotopic (exact) mass is 832 g/mol. The number of aliphatic imine (C=N–C) groups is 1. The van der Waals surface area contributed by atoms with Crippen molar-refractivity contribution in [2.24, 2.45) is 22.2 Å². The lowest BCUT2D eigenvalue weighted by Crippen LogP contribution is -2.59. The van der Waals surface area contributed by atoms with Crippen LogP contribution in [0.25, 0.3) is 10.8 Å². The molecule has 0 saturated heterocycles. The van der Waals surface area contributed by atoms with Gasteiger partial charge >= 0.3 is 0 Å². The molecule has 0 aliphatic heterocycles. The van der Waals surface area contributed by atoms with Crippen LogP contribution in [-0.2, 0) is 43.2 Å². The molecule has 278 valence electrons. The minimum absolute atomic E-state index is 0.0765. The Bertz CT molecular complexity index is 1920. The molecule has 4 aromatic rings. The fourth-order valence-electron chi connectivity index (χ4n) is 5.78. The number of carbonyl (C=O) groups is 5. The van der Waals surface area contributed by atoms with Gasteiger partial charge in [-0.05, 0) is 75.0 Å². The molecule has 0 bridgehead atoms. The molecule has 0 spiro atoms. The number of rotatable bonds is 18. The number of hydrogen-bond donors (Lipinski definition) is 7. The van der Waals surface area contributed by atoms with E-state index < -0.39 is 53.7 Å². The van der Waals surface area contributed by atoms with E-state index in [2.05, 4.69) is 48.9 Å². The number of amides is 5. The molecule has 4 rings (SSSR count). The number of carbonyl (C=O) groups excluding carboxylic acids is 5. The fraction of sp³-hybridized carbons (Fsp3) is 0.282. The zero-order valence-corrected chi connectivity index (χ0v) is 31.5. The standard InChI is InChI=1S/C39H45IN8O5/c1-24(49)45-33(21-25-8-3-2-4-9-25)37(52)46-31(12-7-19-44-39(42)43)36(51)48-34(22-26-14-17-30(40)18-15-26)38(53)47-32(35(41)50)23-27-13-16-28-10-5-6-11-29(28)20-27/h2-6,8-11,13-18,20,31-34H,7,12,19,21-23H2,1H3,(H2,41,50)(H,45,49)(H,46,52)(H,47,53)(H,48,51)(H4,42,43,44)/t31-,32+,33-,34+/m0/s1. The Labute approximate surface area is 322 Å². The van der Waals surface area contributed by atoms with Gasteiger partial charge in [-0.15, -0.1) is 0 Å². The van der Waals surface area contributed by atoms with Crippen molar-refractivity contribution >= 4 is 68.9 Å². The highest BCUT2D eigenvalue weighted by molar-refractivity contribution is 14.1. The third-order valence-corrected chi connectivity index (χ3v) is 9.17. The van der Waals surface area contributed by atoms with Gasteiger partial charge in [-0.1, -0.05) is 84.9 Å². The molecule has 0 aliphatic rings. The third kappa shape index (κ3) is 13.2. The van der Waals surface area contributed by atoms with Gasteiger partial charge in [0.05, 0.1) is 0 Å². The predicted molar refractivity (Wildman–Crippen MR) is 213 cm³/mol. The van der Waals surface area contributed by atoms with Crippen molar-refractivity contribution < 1.29 is 24.0 Å². The summed E-state index contributed by atoms with van der Waals surface area (Å²) < 4.78 is 0.980. The number of primary amides is 1. The minimum Gasteiger partial charge on any atom is -0.370 e. The average molecular weight is 833 g/mol. The van der Waals surface area contributed by atoms with Crippen molar-refractivity contribution in [3.8, 4) is 0 Å². The topological polar surface area (TPSA) is 224 Å². The largest absolute Gasteiger partial charge is 0.370 e. The number of nitrogens with zero attached hydrogens (tertiary/aromatic N) is 1. The molecule has 14 heteroatoms. The van der Waals surface area contributed by atoms with E-state index in [9.17, 15) is 24.0 Å². The van der Waals surface area contributed by atoms with Crippen LogP contribution in [0.15, 0.2) is 102 Å². The fourth-order valence-corrected chi connectivity index (χ4v) is 6.14. The Hall–Kier alpha value is -5.51. The summed E-state index contributed by atoms with van der Waals surface area (Å²) in [6.45, 7) is 1.49. The van der Waals surface area contributed by atoms with Crippen molar-refractivity contribution in [1.82, 2.24) is 21.3 Å². The number of nitrogens with two attached hydrogens (primary N) is 3. The van der Waals surface area contributed by atoms with Crippen molar-refractivity contribution in [3.05, 3.63) is 117 Å². The Balaban J connectivity index is 1.57. The highest BCUT2D eigenvalue weighted by Crippen LogP contribution is 2.17. The zero-order valence-electron chi connectivity index (χ0n) is 29.4. The molecule has 53 heavy (non-hydrogen) atoms. The summed E-state index contributed by atoms with van der Waals surface area (Å²) in [4.78, 5) is 70.4. The van der Waals surface area contributed by atoms with Gasteiger partial charge in [-0.3, -0.25) is 29.0 Å². The Morgan fingerprint density at radius 3 is 1.74 bits per heavy atom. The van der Waals surface area contributed by atoms with Crippen molar-refractivity contribution in [2.75, 3.05) is 6.54 Å². The first-order chi connectivity index (χ1) is 25.4. The lowest BCUT2D eigenvalue weighted by atomic mass is 10.00. The van der Waals surface area contributed by atoms with Gasteiger partial charge in [0, 0.05) is 36.3 Å². The van der Waals surface area contributed by atoms with Crippen LogP contribution in [0.5, 0.6) is 0 Å². The van der Waals surface area contributed by atoms with Crippen molar-refractivity contribution in [3.63, 3.8) is 0 Å². The first-order valence-electron chi connectivity index (χ1n) is 17.2. The number of guanidine groups is 1. The smallest absolute Gasteiger partial charge is 0.243 e. The normalized spacial score (nSPS) is 13.1. The third-order valence-electron chi connectivity index (χ3n) is 8.45. The van der Waals surface area contributed by atoms with E-state index in [0.29, 0.717) is 6.42 Å². The number of halogens is 1. The molecule has 0 heterocycles. The van der Waals surface area contributed by atoms with Gasteiger partial charge in [-0.2, -0.15) is 0 Å². The van der Waals surface area contributed by atoms with Crippen LogP contribution < -0.4 is 38.5 Å². The predicted octanol–water partition coefficient (Wildman–Crippen LogP) is 1.97. The first kappa shape index (κ1) is 40.3. The number of fused-ring (bicyclic) bond motifs is 1. The first-order valence-corrected chi connectivity index (χ1v) is 18.2. The SMILES string of the molecule is CC(=O)N[C@@H](Cc1ccccc1)C(=O)N[C@@H](CCCN=C(N)N)C(=O)N[C@H](Cc1ccc(I)cc1)C(=O)N[C@H](Cc1ccc2ccccc2c1)C(N)=O. The highest BCUT2D eigenvalue weighted by atomic mass is 127. The van der Waals surface area contributed by atoms with Gasteiger partial charge in [0.1, 0.15) is 24.2 Å². The summed E-state index contributed by atoms with van der Waals surface area (Å²) in [5.41, 5.74) is 19.1. The van der Waals surface area contributed by atoms with E-state index in [1.807, 2.05) is 97.1 Å². The Morgan fingerprint density at radius 1 is 0.604 bits per heavy atom. The zero-order chi connectivity index (χ0) is 38.3. The number of nitrogens with one attached hydrogen (secondary N) is 4. The maximum Gasteiger partial charge on any atom is 0.243 e. The summed E-state index contributed by atoms with van der Waals surface area (Å²) in [5, 5.41) is 13.0. The van der Waals surface area contributed by atoms with Gasteiger partial charge in [0.25, 0.3) is 0 Å². The Kier molecular flexibility index (Phi) is 15.1.